The largest absolute Gasteiger partial charge is 0.381 e. The molecule has 6 heteroatoms. The van der Waals surface area contributed by atoms with E-state index in [4.69, 9.17) is 9.47 Å². The van der Waals surface area contributed by atoms with Crippen molar-refractivity contribution in [3.63, 3.8) is 0 Å². The Morgan fingerprint density at radius 3 is 2.32 bits per heavy atom. The normalized spacial score (nSPS) is 17.9. The van der Waals surface area contributed by atoms with Crippen LogP contribution in [0.5, 0.6) is 0 Å². The van der Waals surface area contributed by atoms with E-state index in [1.807, 2.05) is 19.1 Å². The van der Waals surface area contributed by atoms with E-state index in [0.717, 1.165) is 87.7 Å². The molecule has 4 rings (SSSR count). The summed E-state index contributed by atoms with van der Waals surface area (Å²) in [5.74, 6) is 0.432. The summed E-state index contributed by atoms with van der Waals surface area (Å²) < 4.78 is 11.0. The number of benzene rings is 2. The topological polar surface area (TPSA) is 54.0 Å². The molecule has 0 bridgehead atoms. The molecular formula is C28H39N3O3. The van der Waals surface area contributed by atoms with Crippen LogP contribution in [0, 0.1) is 12.8 Å². The van der Waals surface area contributed by atoms with Gasteiger partial charge in [0, 0.05) is 51.0 Å². The molecule has 1 amide bonds. The number of hydrogen-bond donors (Lipinski definition) is 1. The SMILES string of the molecule is Cc1ccc(-c2ccc(CN3CCOCC3)cc2)cc1C(=O)NN(CC(C)C)C1CCOCC1. The third-order valence-electron chi connectivity index (χ3n) is 6.72. The molecule has 0 aliphatic carbocycles. The van der Waals surface area contributed by atoms with E-state index in [2.05, 4.69) is 59.5 Å². The number of nitrogens with one attached hydrogen (secondary N) is 1. The molecule has 0 spiro atoms. The maximum Gasteiger partial charge on any atom is 0.265 e. The molecule has 2 aliphatic heterocycles. The summed E-state index contributed by atoms with van der Waals surface area (Å²) in [6, 6.07) is 15.2. The van der Waals surface area contributed by atoms with Crippen LogP contribution in [0.25, 0.3) is 11.1 Å². The second-order valence-electron chi connectivity index (χ2n) is 9.95. The van der Waals surface area contributed by atoms with Gasteiger partial charge in [-0.25, -0.2) is 5.01 Å². The van der Waals surface area contributed by atoms with Crippen molar-refractivity contribution in [3.8, 4) is 11.1 Å². The second kappa shape index (κ2) is 11.9. The van der Waals surface area contributed by atoms with Crippen molar-refractivity contribution >= 4 is 5.91 Å². The summed E-state index contributed by atoms with van der Waals surface area (Å²) in [6.45, 7) is 13.3. The smallest absolute Gasteiger partial charge is 0.265 e. The first kappa shape index (κ1) is 24.9. The Morgan fingerprint density at radius 1 is 1.00 bits per heavy atom. The number of carbonyl (C=O) groups is 1. The number of amides is 1. The van der Waals surface area contributed by atoms with Crippen LogP contribution in [0.3, 0.4) is 0 Å². The molecule has 6 nitrogen and oxygen atoms in total. The summed E-state index contributed by atoms with van der Waals surface area (Å²) in [4.78, 5) is 15.8. The molecule has 2 saturated heterocycles. The number of rotatable bonds is 8. The summed E-state index contributed by atoms with van der Waals surface area (Å²) in [5.41, 5.74) is 8.45. The summed E-state index contributed by atoms with van der Waals surface area (Å²) in [7, 11) is 0. The van der Waals surface area contributed by atoms with E-state index < -0.39 is 0 Å². The predicted octanol–water partition coefficient (Wildman–Crippen LogP) is 4.28. The van der Waals surface area contributed by atoms with Crippen LogP contribution in [0.15, 0.2) is 42.5 Å². The minimum absolute atomic E-state index is 0.0320. The Hall–Kier alpha value is -2.25. The van der Waals surface area contributed by atoms with Gasteiger partial charge < -0.3 is 9.47 Å². The number of aryl methyl sites for hydroxylation is 1. The average molecular weight is 466 g/mol. The van der Waals surface area contributed by atoms with Crippen molar-refractivity contribution in [2.45, 2.75) is 46.2 Å². The molecule has 0 unspecified atom stereocenters. The van der Waals surface area contributed by atoms with E-state index in [1.54, 1.807) is 0 Å². The molecule has 34 heavy (non-hydrogen) atoms. The quantitative estimate of drug-likeness (QED) is 0.590. The lowest BCUT2D eigenvalue weighted by molar-refractivity contribution is 0.00769. The highest BCUT2D eigenvalue weighted by Gasteiger charge is 2.25. The monoisotopic (exact) mass is 465 g/mol. The average Bonchev–Trinajstić information content (AvgIpc) is 2.85. The minimum Gasteiger partial charge on any atom is -0.381 e. The number of hydrogen-bond acceptors (Lipinski definition) is 5. The Bertz CT molecular complexity index is 932. The molecule has 1 N–H and O–H groups in total. The second-order valence-corrected chi connectivity index (χ2v) is 9.95. The summed E-state index contributed by atoms with van der Waals surface area (Å²) >= 11 is 0. The molecule has 2 aromatic rings. The molecule has 184 valence electrons. The van der Waals surface area contributed by atoms with Gasteiger partial charge in [0.2, 0.25) is 0 Å². The number of hydrazine groups is 1. The maximum atomic E-state index is 13.4. The summed E-state index contributed by atoms with van der Waals surface area (Å²) in [5, 5.41) is 2.14. The fourth-order valence-corrected chi connectivity index (χ4v) is 4.73. The molecule has 2 aromatic carbocycles. The third kappa shape index (κ3) is 6.66. The summed E-state index contributed by atoms with van der Waals surface area (Å²) in [6.07, 6.45) is 1.89. The van der Waals surface area contributed by atoms with Crippen molar-refractivity contribution in [2.24, 2.45) is 5.92 Å². The third-order valence-corrected chi connectivity index (χ3v) is 6.72. The Kier molecular flexibility index (Phi) is 8.73. The lowest BCUT2D eigenvalue weighted by Crippen LogP contribution is -2.51. The fourth-order valence-electron chi connectivity index (χ4n) is 4.73. The van der Waals surface area contributed by atoms with Crippen LogP contribution >= 0.6 is 0 Å². The van der Waals surface area contributed by atoms with Crippen molar-refractivity contribution in [1.82, 2.24) is 15.3 Å². The molecule has 0 aromatic heterocycles. The van der Waals surface area contributed by atoms with Gasteiger partial charge in [0.1, 0.15) is 0 Å². The first-order valence-corrected chi connectivity index (χ1v) is 12.6. The van der Waals surface area contributed by atoms with Gasteiger partial charge in [-0.3, -0.25) is 15.1 Å². The van der Waals surface area contributed by atoms with E-state index in [0.29, 0.717) is 12.0 Å². The molecule has 0 atom stereocenters. The number of carbonyl (C=O) groups excluding carboxylic acids is 1. The van der Waals surface area contributed by atoms with Crippen molar-refractivity contribution in [1.29, 1.82) is 0 Å². The number of ether oxygens (including phenoxy) is 2. The number of morpholine rings is 1. The van der Waals surface area contributed by atoms with E-state index in [9.17, 15) is 4.79 Å². The Balaban J connectivity index is 1.46. The highest BCUT2D eigenvalue weighted by Crippen LogP contribution is 2.24. The molecule has 0 saturated carbocycles. The van der Waals surface area contributed by atoms with Gasteiger partial charge in [0.25, 0.3) is 5.91 Å². The first-order chi connectivity index (χ1) is 16.5. The molecule has 2 fully saturated rings. The van der Waals surface area contributed by atoms with Crippen LogP contribution in [-0.2, 0) is 16.0 Å². The zero-order valence-corrected chi connectivity index (χ0v) is 20.9. The van der Waals surface area contributed by atoms with Gasteiger partial charge in [-0.1, -0.05) is 50.2 Å². The zero-order chi connectivity index (χ0) is 23.9. The highest BCUT2D eigenvalue weighted by atomic mass is 16.5. The van der Waals surface area contributed by atoms with Gasteiger partial charge in [-0.2, -0.15) is 0 Å². The lowest BCUT2D eigenvalue weighted by atomic mass is 9.98. The Morgan fingerprint density at radius 2 is 1.65 bits per heavy atom. The lowest BCUT2D eigenvalue weighted by Gasteiger charge is -2.35. The van der Waals surface area contributed by atoms with Crippen molar-refractivity contribution in [3.05, 3.63) is 59.2 Å². The van der Waals surface area contributed by atoms with Crippen molar-refractivity contribution < 1.29 is 14.3 Å². The number of nitrogens with zero attached hydrogens (tertiary/aromatic N) is 2. The molecule has 0 radical (unpaired) electrons. The maximum absolute atomic E-state index is 13.4. The highest BCUT2D eigenvalue weighted by molar-refractivity contribution is 5.96. The van der Waals surface area contributed by atoms with Gasteiger partial charge in [0.15, 0.2) is 0 Å². The standard InChI is InChI=1S/C28H39N3O3/c1-21(2)19-31(26-10-14-33-15-11-26)29-28(32)27-18-25(7-4-22(27)3)24-8-5-23(6-9-24)20-30-12-16-34-17-13-30/h4-9,18,21,26H,10-17,19-20H2,1-3H3,(H,29,32). The molecular weight excluding hydrogens is 426 g/mol. The van der Waals surface area contributed by atoms with E-state index in [-0.39, 0.29) is 5.91 Å². The predicted molar refractivity (Wildman–Crippen MR) is 136 cm³/mol. The van der Waals surface area contributed by atoms with Gasteiger partial charge in [0.05, 0.1) is 13.2 Å². The molecule has 2 heterocycles. The van der Waals surface area contributed by atoms with Gasteiger partial charge in [-0.05, 0) is 54.0 Å². The van der Waals surface area contributed by atoms with Gasteiger partial charge >= 0.3 is 0 Å². The zero-order valence-electron chi connectivity index (χ0n) is 20.9. The Labute approximate surface area is 204 Å². The molecule has 2 aliphatic rings. The van der Waals surface area contributed by atoms with Crippen LogP contribution in [-0.4, -0.2) is 67.9 Å². The van der Waals surface area contributed by atoms with Crippen LogP contribution in [0.2, 0.25) is 0 Å². The van der Waals surface area contributed by atoms with Gasteiger partial charge in [-0.15, -0.1) is 0 Å². The van der Waals surface area contributed by atoms with E-state index in [1.165, 1.54) is 5.56 Å². The van der Waals surface area contributed by atoms with Crippen LogP contribution in [0.4, 0.5) is 0 Å². The van der Waals surface area contributed by atoms with Crippen LogP contribution < -0.4 is 5.43 Å². The first-order valence-electron chi connectivity index (χ1n) is 12.6. The minimum atomic E-state index is -0.0320. The van der Waals surface area contributed by atoms with Crippen molar-refractivity contribution in [2.75, 3.05) is 46.1 Å². The fraction of sp³-hybridized carbons (Fsp3) is 0.536. The van der Waals surface area contributed by atoms with E-state index >= 15 is 0 Å². The van der Waals surface area contributed by atoms with Crippen LogP contribution in [0.1, 0.15) is 48.2 Å².